The first-order valence-corrected chi connectivity index (χ1v) is 9.63. The Labute approximate surface area is 177 Å². The summed E-state index contributed by atoms with van der Waals surface area (Å²) in [5.41, 5.74) is 1.96. The maximum Gasteiger partial charge on any atom is 0.231 e. The lowest BCUT2D eigenvalue weighted by molar-refractivity contribution is -0.120. The second-order valence-electron chi connectivity index (χ2n) is 6.70. The van der Waals surface area contributed by atoms with E-state index in [4.69, 9.17) is 9.47 Å². The predicted octanol–water partition coefficient (Wildman–Crippen LogP) is 2.68. The van der Waals surface area contributed by atoms with Crippen LogP contribution in [0.3, 0.4) is 0 Å². The number of nitrogens with one attached hydrogen (secondary N) is 1. The largest absolute Gasteiger partial charge is 0.497 e. The van der Waals surface area contributed by atoms with Gasteiger partial charge in [-0.1, -0.05) is 24.3 Å². The lowest BCUT2D eigenvalue weighted by Gasteiger charge is -2.08. The standard InChI is InChI=1S/C22H20FN5O3/c1-30-18-7-5-15(6-8-18)13-20(29)24-11-12-31-21-10-9-19-25-26-22(28(19)27-21)16-3-2-4-17(23)14-16/h2-10,14H,11-13H2,1H3,(H,24,29). The van der Waals surface area contributed by atoms with E-state index in [1.54, 1.807) is 31.4 Å². The normalized spacial score (nSPS) is 10.8. The van der Waals surface area contributed by atoms with Crippen LogP contribution in [0.5, 0.6) is 11.6 Å². The fraction of sp³-hybridized carbons (Fsp3) is 0.182. The van der Waals surface area contributed by atoms with E-state index < -0.39 is 0 Å². The third-order valence-corrected chi connectivity index (χ3v) is 4.52. The molecule has 31 heavy (non-hydrogen) atoms. The van der Waals surface area contributed by atoms with E-state index in [2.05, 4.69) is 20.6 Å². The molecule has 2 heterocycles. The van der Waals surface area contributed by atoms with Crippen molar-refractivity contribution in [3.63, 3.8) is 0 Å². The molecule has 0 fully saturated rings. The Morgan fingerprint density at radius 1 is 1.10 bits per heavy atom. The molecule has 0 unspecified atom stereocenters. The third-order valence-electron chi connectivity index (χ3n) is 4.52. The highest BCUT2D eigenvalue weighted by atomic mass is 19.1. The molecule has 2 aromatic carbocycles. The smallest absolute Gasteiger partial charge is 0.231 e. The van der Waals surface area contributed by atoms with Crippen molar-refractivity contribution < 1.29 is 18.7 Å². The summed E-state index contributed by atoms with van der Waals surface area (Å²) in [6.07, 6.45) is 0.270. The van der Waals surface area contributed by atoms with Gasteiger partial charge >= 0.3 is 0 Å². The number of benzene rings is 2. The molecule has 1 N–H and O–H groups in total. The Hall–Kier alpha value is -4.01. The van der Waals surface area contributed by atoms with E-state index in [1.807, 2.05) is 24.3 Å². The average molecular weight is 421 g/mol. The lowest BCUT2D eigenvalue weighted by Crippen LogP contribution is -2.29. The number of hydrogen-bond acceptors (Lipinski definition) is 6. The minimum absolute atomic E-state index is 0.107. The first kappa shape index (κ1) is 20.3. The SMILES string of the molecule is COc1ccc(CC(=O)NCCOc2ccc3nnc(-c4cccc(F)c4)n3n2)cc1. The highest BCUT2D eigenvalue weighted by molar-refractivity contribution is 5.78. The van der Waals surface area contributed by atoms with E-state index in [0.29, 0.717) is 29.5 Å². The molecule has 0 bridgehead atoms. The van der Waals surface area contributed by atoms with Gasteiger partial charge in [0, 0.05) is 11.6 Å². The molecule has 0 aliphatic rings. The maximum absolute atomic E-state index is 13.5. The van der Waals surface area contributed by atoms with Crippen LogP contribution in [0.2, 0.25) is 0 Å². The van der Waals surface area contributed by atoms with Crippen LogP contribution in [0.25, 0.3) is 17.0 Å². The summed E-state index contributed by atoms with van der Waals surface area (Å²) in [6.45, 7) is 0.567. The van der Waals surface area contributed by atoms with E-state index in [9.17, 15) is 9.18 Å². The maximum atomic E-state index is 13.5. The van der Waals surface area contributed by atoms with Crippen molar-refractivity contribution in [3.8, 4) is 23.0 Å². The second kappa shape index (κ2) is 9.21. The summed E-state index contributed by atoms with van der Waals surface area (Å²) in [5.74, 6) is 1.02. The first-order valence-electron chi connectivity index (χ1n) is 9.63. The van der Waals surface area contributed by atoms with Gasteiger partial charge in [-0.25, -0.2) is 4.39 Å². The number of fused-ring (bicyclic) bond motifs is 1. The highest BCUT2D eigenvalue weighted by Gasteiger charge is 2.11. The van der Waals surface area contributed by atoms with Crippen molar-refractivity contribution in [2.45, 2.75) is 6.42 Å². The number of carbonyl (C=O) groups is 1. The topological polar surface area (TPSA) is 90.6 Å². The molecule has 0 aliphatic heterocycles. The summed E-state index contributed by atoms with van der Waals surface area (Å²) in [4.78, 5) is 12.1. The van der Waals surface area contributed by atoms with E-state index >= 15 is 0 Å². The van der Waals surface area contributed by atoms with E-state index in [-0.39, 0.29) is 24.8 Å². The lowest BCUT2D eigenvalue weighted by atomic mass is 10.1. The summed E-state index contributed by atoms with van der Waals surface area (Å²) in [7, 11) is 1.60. The molecule has 0 atom stereocenters. The molecule has 2 aromatic heterocycles. The summed E-state index contributed by atoms with van der Waals surface area (Å²) >= 11 is 0. The second-order valence-corrected chi connectivity index (χ2v) is 6.70. The van der Waals surface area contributed by atoms with E-state index in [1.165, 1.54) is 16.6 Å². The fourth-order valence-electron chi connectivity index (χ4n) is 2.99. The number of amides is 1. The van der Waals surface area contributed by atoms with Gasteiger partial charge in [0.15, 0.2) is 11.5 Å². The van der Waals surface area contributed by atoms with Gasteiger partial charge in [-0.3, -0.25) is 4.79 Å². The molecule has 4 rings (SSSR count). The minimum Gasteiger partial charge on any atom is -0.497 e. The van der Waals surface area contributed by atoms with Crippen molar-refractivity contribution in [1.29, 1.82) is 0 Å². The zero-order valence-electron chi connectivity index (χ0n) is 16.8. The molecule has 0 saturated carbocycles. The van der Waals surface area contributed by atoms with E-state index in [0.717, 1.165) is 11.3 Å². The number of carbonyl (C=O) groups excluding carboxylic acids is 1. The van der Waals surface area contributed by atoms with Crippen LogP contribution in [0, 0.1) is 5.82 Å². The summed E-state index contributed by atoms with van der Waals surface area (Å²) in [6, 6.07) is 16.8. The van der Waals surface area contributed by atoms with Gasteiger partial charge in [-0.05, 0) is 35.9 Å². The molecular weight excluding hydrogens is 401 g/mol. The van der Waals surface area contributed by atoms with Gasteiger partial charge in [0.1, 0.15) is 18.2 Å². The van der Waals surface area contributed by atoms with Crippen molar-refractivity contribution in [2.75, 3.05) is 20.3 Å². The Morgan fingerprint density at radius 3 is 2.71 bits per heavy atom. The Bertz CT molecular complexity index is 1190. The molecule has 0 saturated heterocycles. The van der Waals surface area contributed by atoms with Crippen LogP contribution in [0.4, 0.5) is 4.39 Å². The molecule has 0 aliphatic carbocycles. The zero-order chi connectivity index (χ0) is 21.6. The van der Waals surface area contributed by atoms with Crippen LogP contribution in [0.1, 0.15) is 5.56 Å². The van der Waals surface area contributed by atoms with Crippen LogP contribution in [0.15, 0.2) is 60.7 Å². The Morgan fingerprint density at radius 2 is 1.94 bits per heavy atom. The van der Waals surface area contributed by atoms with Crippen LogP contribution < -0.4 is 14.8 Å². The number of rotatable bonds is 8. The number of hydrogen-bond donors (Lipinski definition) is 1. The number of halogens is 1. The summed E-state index contributed by atoms with van der Waals surface area (Å²) < 4.78 is 25.8. The molecule has 8 nitrogen and oxygen atoms in total. The quantitative estimate of drug-likeness (QED) is 0.440. The minimum atomic E-state index is -0.368. The van der Waals surface area contributed by atoms with Crippen molar-refractivity contribution in [1.82, 2.24) is 25.1 Å². The van der Waals surface area contributed by atoms with Crippen molar-refractivity contribution >= 4 is 11.6 Å². The number of aromatic nitrogens is 4. The number of ether oxygens (including phenoxy) is 2. The third kappa shape index (κ3) is 4.95. The fourth-order valence-corrected chi connectivity index (χ4v) is 2.99. The molecule has 1 amide bonds. The van der Waals surface area contributed by atoms with Gasteiger partial charge in [-0.2, -0.15) is 4.52 Å². The van der Waals surface area contributed by atoms with Gasteiger partial charge < -0.3 is 14.8 Å². The van der Waals surface area contributed by atoms with Crippen LogP contribution in [-0.2, 0) is 11.2 Å². The zero-order valence-corrected chi connectivity index (χ0v) is 16.8. The van der Waals surface area contributed by atoms with Crippen LogP contribution >= 0.6 is 0 Å². The molecule has 0 radical (unpaired) electrons. The molecule has 9 heteroatoms. The molecule has 4 aromatic rings. The highest BCUT2D eigenvalue weighted by Crippen LogP contribution is 2.19. The van der Waals surface area contributed by atoms with Gasteiger partial charge in [-0.15, -0.1) is 15.3 Å². The van der Waals surface area contributed by atoms with Gasteiger partial charge in [0.05, 0.1) is 20.1 Å². The summed E-state index contributed by atoms with van der Waals surface area (Å²) in [5, 5.41) is 15.3. The van der Waals surface area contributed by atoms with Crippen LogP contribution in [-0.4, -0.2) is 46.0 Å². The average Bonchev–Trinajstić information content (AvgIpc) is 3.20. The predicted molar refractivity (Wildman–Crippen MR) is 111 cm³/mol. The van der Waals surface area contributed by atoms with Crippen molar-refractivity contribution in [3.05, 3.63) is 72.0 Å². The number of nitrogens with zero attached hydrogens (tertiary/aromatic N) is 4. The van der Waals surface area contributed by atoms with Gasteiger partial charge in [0.2, 0.25) is 11.8 Å². The monoisotopic (exact) mass is 421 g/mol. The number of methoxy groups -OCH3 is 1. The van der Waals surface area contributed by atoms with Crippen molar-refractivity contribution in [2.24, 2.45) is 0 Å². The first-order chi connectivity index (χ1) is 15.1. The Balaban J connectivity index is 1.32. The molecular formula is C22H20FN5O3. The molecule has 158 valence electrons. The molecule has 0 spiro atoms. The Kier molecular flexibility index (Phi) is 6.02. The van der Waals surface area contributed by atoms with Gasteiger partial charge in [0.25, 0.3) is 0 Å².